The van der Waals surface area contributed by atoms with Crippen LogP contribution in [0.3, 0.4) is 0 Å². The van der Waals surface area contributed by atoms with Crippen LogP contribution in [0.15, 0.2) is 33.7 Å². The molecular formula is C15H19N3O4S. The van der Waals surface area contributed by atoms with Gasteiger partial charge in [-0.2, -0.15) is 0 Å². The molecule has 0 aliphatic heterocycles. The lowest BCUT2D eigenvalue weighted by Gasteiger charge is -2.08. The monoisotopic (exact) mass is 337 g/mol. The summed E-state index contributed by atoms with van der Waals surface area (Å²) in [5.41, 5.74) is 2.33. The topological polar surface area (TPSA) is 101 Å². The van der Waals surface area contributed by atoms with Gasteiger partial charge < -0.3 is 9.84 Å². The van der Waals surface area contributed by atoms with Crippen molar-refractivity contribution in [3.63, 3.8) is 0 Å². The van der Waals surface area contributed by atoms with Crippen molar-refractivity contribution in [2.75, 3.05) is 6.54 Å². The van der Waals surface area contributed by atoms with Crippen LogP contribution in [0, 0.1) is 20.8 Å². The number of hydrogen-bond donors (Lipinski definition) is 2. The zero-order chi connectivity index (χ0) is 17.0. The van der Waals surface area contributed by atoms with Gasteiger partial charge in [0.2, 0.25) is 15.9 Å². The van der Waals surface area contributed by atoms with Crippen molar-refractivity contribution in [3.05, 3.63) is 46.8 Å². The largest absolute Gasteiger partial charge is 0.360 e. The van der Waals surface area contributed by atoms with E-state index >= 15 is 0 Å². The summed E-state index contributed by atoms with van der Waals surface area (Å²) >= 11 is 0. The number of benzene rings is 1. The summed E-state index contributed by atoms with van der Waals surface area (Å²) in [5.74, 6) is -0.226. The quantitative estimate of drug-likeness (QED) is 0.824. The Hall–Kier alpha value is -2.19. The van der Waals surface area contributed by atoms with E-state index in [0.29, 0.717) is 6.54 Å². The fourth-order valence-corrected chi connectivity index (χ4v) is 3.37. The number of sulfonamides is 1. The smallest absolute Gasteiger partial charge is 0.246 e. The molecule has 0 bridgehead atoms. The molecule has 1 aromatic heterocycles. The summed E-state index contributed by atoms with van der Waals surface area (Å²) in [7, 11) is -3.83. The van der Waals surface area contributed by atoms with Crippen molar-refractivity contribution in [1.29, 1.82) is 0 Å². The minimum atomic E-state index is -3.83. The lowest BCUT2D eigenvalue weighted by Crippen LogP contribution is -2.36. The number of hydrogen-bond acceptors (Lipinski definition) is 5. The molecule has 0 saturated carbocycles. The molecule has 0 atom stereocenters. The maximum absolute atomic E-state index is 12.2. The van der Waals surface area contributed by atoms with Crippen LogP contribution in [0.25, 0.3) is 0 Å². The minimum Gasteiger partial charge on any atom is -0.360 e. The van der Waals surface area contributed by atoms with Crippen molar-refractivity contribution < 1.29 is 17.7 Å². The average Bonchev–Trinajstić information content (AvgIpc) is 2.84. The molecule has 0 spiro atoms. The predicted octanol–water partition coefficient (Wildman–Crippen LogP) is 1.19. The van der Waals surface area contributed by atoms with E-state index in [2.05, 4.69) is 15.2 Å². The van der Waals surface area contributed by atoms with E-state index in [1.54, 1.807) is 0 Å². The third-order valence-electron chi connectivity index (χ3n) is 3.27. The first-order valence-electron chi connectivity index (χ1n) is 7.04. The van der Waals surface area contributed by atoms with Gasteiger partial charge in [-0.1, -0.05) is 35.0 Å². The van der Waals surface area contributed by atoms with Crippen LogP contribution >= 0.6 is 0 Å². The highest BCUT2D eigenvalue weighted by Gasteiger charge is 2.24. The minimum absolute atomic E-state index is 0.0242. The summed E-state index contributed by atoms with van der Waals surface area (Å²) < 4.78 is 31.4. The van der Waals surface area contributed by atoms with E-state index in [-0.39, 0.29) is 22.9 Å². The first-order valence-corrected chi connectivity index (χ1v) is 8.52. The van der Waals surface area contributed by atoms with Crippen LogP contribution < -0.4 is 10.0 Å². The second kappa shape index (κ2) is 6.93. The molecule has 7 nitrogen and oxygen atoms in total. The van der Waals surface area contributed by atoms with Gasteiger partial charge in [0.25, 0.3) is 0 Å². The van der Waals surface area contributed by atoms with Gasteiger partial charge in [0, 0.05) is 6.54 Å². The number of carbonyl (C=O) groups excluding carboxylic acids is 1. The Labute approximate surface area is 135 Å². The molecule has 23 heavy (non-hydrogen) atoms. The summed E-state index contributed by atoms with van der Waals surface area (Å²) in [6.45, 7) is 5.00. The zero-order valence-corrected chi connectivity index (χ0v) is 14.0. The lowest BCUT2D eigenvalue weighted by atomic mass is 10.1. The molecule has 2 rings (SSSR count). The van der Waals surface area contributed by atoms with Gasteiger partial charge >= 0.3 is 0 Å². The Bertz CT molecular complexity index is 775. The molecule has 0 aliphatic rings. The van der Waals surface area contributed by atoms with Gasteiger partial charge in [0.1, 0.15) is 10.6 Å². The molecule has 0 aliphatic carbocycles. The van der Waals surface area contributed by atoms with E-state index in [0.717, 1.165) is 11.1 Å². The summed E-state index contributed by atoms with van der Waals surface area (Å²) in [4.78, 5) is 11.8. The van der Waals surface area contributed by atoms with Gasteiger partial charge in [-0.25, -0.2) is 13.1 Å². The predicted molar refractivity (Wildman–Crippen MR) is 84.2 cm³/mol. The van der Waals surface area contributed by atoms with Gasteiger partial charge in [-0.05, 0) is 26.3 Å². The fraction of sp³-hybridized carbons (Fsp3) is 0.333. The number of amides is 1. The molecule has 2 aromatic rings. The second-order valence-corrected chi connectivity index (χ2v) is 6.94. The summed E-state index contributed by atoms with van der Waals surface area (Å²) in [6.07, 6.45) is 0. The van der Waals surface area contributed by atoms with Crippen LogP contribution in [0.2, 0.25) is 0 Å². The van der Waals surface area contributed by atoms with E-state index in [4.69, 9.17) is 4.52 Å². The molecule has 1 amide bonds. The van der Waals surface area contributed by atoms with Crippen molar-refractivity contribution in [2.45, 2.75) is 32.2 Å². The Balaban J connectivity index is 1.90. The molecule has 124 valence electrons. The molecule has 2 N–H and O–H groups in total. The van der Waals surface area contributed by atoms with Crippen LogP contribution in [-0.2, 0) is 21.4 Å². The highest BCUT2D eigenvalue weighted by atomic mass is 32.2. The van der Waals surface area contributed by atoms with Crippen molar-refractivity contribution in [2.24, 2.45) is 0 Å². The Kier molecular flexibility index (Phi) is 5.17. The van der Waals surface area contributed by atoms with Crippen LogP contribution in [0.1, 0.15) is 22.6 Å². The lowest BCUT2D eigenvalue weighted by molar-refractivity contribution is -0.120. The number of aryl methyl sites for hydroxylation is 3. The summed E-state index contributed by atoms with van der Waals surface area (Å²) in [6, 6.07) is 7.70. The van der Waals surface area contributed by atoms with E-state index in [1.165, 1.54) is 13.8 Å². The Morgan fingerprint density at radius 1 is 1.17 bits per heavy atom. The molecule has 1 aromatic carbocycles. The van der Waals surface area contributed by atoms with Gasteiger partial charge in [-0.15, -0.1) is 0 Å². The Morgan fingerprint density at radius 2 is 1.83 bits per heavy atom. The number of nitrogens with zero attached hydrogens (tertiary/aromatic N) is 1. The molecular weight excluding hydrogens is 318 g/mol. The van der Waals surface area contributed by atoms with Crippen molar-refractivity contribution in [1.82, 2.24) is 15.2 Å². The normalized spacial score (nSPS) is 11.4. The number of aromatic nitrogens is 1. The third kappa shape index (κ3) is 4.40. The van der Waals surface area contributed by atoms with Gasteiger partial charge in [-0.3, -0.25) is 4.79 Å². The zero-order valence-electron chi connectivity index (χ0n) is 13.2. The molecule has 0 unspecified atom stereocenters. The first-order chi connectivity index (χ1) is 10.8. The standard InChI is InChI=1S/C15H19N3O4S/c1-10-4-6-13(7-5-10)8-16-14(19)9-17-23(20,21)15-11(2)18-22-12(15)3/h4-7,17H,8-9H2,1-3H3,(H,16,19). The van der Waals surface area contributed by atoms with Crippen LogP contribution in [0.4, 0.5) is 0 Å². The van der Waals surface area contributed by atoms with Crippen LogP contribution in [0.5, 0.6) is 0 Å². The average molecular weight is 337 g/mol. The van der Waals surface area contributed by atoms with Crippen molar-refractivity contribution >= 4 is 15.9 Å². The number of nitrogens with one attached hydrogen (secondary N) is 2. The highest BCUT2D eigenvalue weighted by Crippen LogP contribution is 2.18. The van der Waals surface area contributed by atoms with E-state index in [9.17, 15) is 13.2 Å². The number of carbonyl (C=O) groups is 1. The third-order valence-corrected chi connectivity index (χ3v) is 4.91. The van der Waals surface area contributed by atoms with E-state index in [1.807, 2.05) is 31.2 Å². The van der Waals surface area contributed by atoms with Gasteiger partial charge in [0.05, 0.1) is 6.54 Å². The van der Waals surface area contributed by atoms with E-state index < -0.39 is 15.9 Å². The van der Waals surface area contributed by atoms with Crippen molar-refractivity contribution in [3.8, 4) is 0 Å². The molecule has 0 fully saturated rings. The maximum atomic E-state index is 12.2. The highest BCUT2D eigenvalue weighted by molar-refractivity contribution is 7.89. The SMILES string of the molecule is Cc1ccc(CNC(=O)CNS(=O)(=O)c2c(C)noc2C)cc1. The molecule has 8 heteroatoms. The molecule has 1 heterocycles. The second-order valence-electron chi connectivity index (χ2n) is 5.24. The maximum Gasteiger partial charge on any atom is 0.246 e. The molecule has 0 radical (unpaired) electrons. The fourth-order valence-electron chi connectivity index (χ4n) is 2.06. The summed E-state index contributed by atoms with van der Waals surface area (Å²) in [5, 5.41) is 6.26. The first kappa shape index (κ1) is 17.2. The van der Waals surface area contributed by atoms with Crippen LogP contribution in [-0.4, -0.2) is 26.0 Å². The number of rotatable bonds is 6. The Morgan fingerprint density at radius 3 is 2.39 bits per heavy atom. The molecule has 0 saturated heterocycles. The van der Waals surface area contributed by atoms with Gasteiger partial charge in [0.15, 0.2) is 5.76 Å².